The average molecular weight is 569 g/mol. The van der Waals surface area contributed by atoms with Gasteiger partial charge < -0.3 is 29.7 Å². The summed E-state index contributed by atoms with van der Waals surface area (Å²) < 4.78 is 13.4. The van der Waals surface area contributed by atoms with Crippen molar-refractivity contribution in [3.05, 3.63) is 72.6 Å². The summed E-state index contributed by atoms with van der Waals surface area (Å²) >= 11 is 0. The Bertz CT molecular complexity index is 1560. The molecule has 2 saturated heterocycles. The molecule has 1 atom stereocenters. The van der Waals surface area contributed by atoms with E-state index in [1.165, 1.54) is 0 Å². The number of hydrogen-bond acceptors (Lipinski definition) is 8. The second kappa shape index (κ2) is 12.2. The fourth-order valence-corrected chi connectivity index (χ4v) is 5.54. The molecule has 1 amide bonds. The molecule has 42 heavy (non-hydrogen) atoms. The lowest BCUT2D eigenvalue weighted by molar-refractivity contribution is -0.0384. The van der Waals surface area contributed by atoms with E-state index in [1.807, 2.05) is 41.1 Å². The molecule has 0 saturated carbocycles. The van der Waals surface area contributed by atoms with Gasteiger partial charge in [-0.3, -0.25) is 4.79 Å². The maximum atomic E-state index is 13.3. The van der Waals surface area contributed by atoms with Gasteiger partial charge >= 0.3 is 0 Å². The first-order chi connectivity index (χ1) is 20.5. The van der Waals surface area contributed by atoms with Crippen molar-refractivity contribution >= 4 is 17.3 Å². The molecule has 10 nitrogen and oxygen atoms in total. The molecule has 6 rings (SSSR count). The monoisotopic (exact) mass is 568 g/mol. The topological polar surface area (TPSA) is 105 Å². The molecule has 4 aromatic rings. The number of nitrogens with one attached hydrogen (secondary N) is 1. The number of rotatable bonds is 7. The van der Waals surface area contributed by atoms with Crippen LogP contribution in [0.1, 0.15) is 36.0 Å². The summed E-state index contributed by atoms with van der Waals surface area (Å²) in [5.41, 5.74) is 4.98. The highest BCUT2D eigenvalue weighted by atomic mass is 16.5. The Kier molecular flexibility index (Phi) is 8.07. The van der Waals surface area contributed by atoms with Crippen molar-refractivity contribution < 1.29 is 19.4 Å². The number of ether oxygens (including phenoxy) is 2. The summed E-state index contributed by atoms with van der Waals surface area (Å²) in [4.78, 5) is 22.5. The molecule has 2 aliphatic rings. The van der Waals surface area contributed by atoms with Crippen molar-refractivity contribution in [1.29, 1.82) is 0 Å². The Labute approximate surface area is 245 Å². The van der Waals surface area contributed by atoms with Gasteiger partial charge in [0, 0.05) is 50.7 Å². The van der Waals surface area contributed by atoms with Crippen molar-refractivity contribution in [2.24, 2.45) is 0 Å². The van der Waals surface area contributed by atoms with Crippen LogP contribution in [0.4, 0.5) is 11.4 Å². The van der Waals surface area contributed by atoms with E-state index >= 15 is 0 Å². The predicted octanol–water partition coefficient (Wildman–Crippen LogP) is 5.03. The Morgan fingerprint density at radius 3 is 2.67 bits per heavy atom. The minimum Gasteiger partial charge on any atom is -0.508 e. The normalized spacial score (nSPS) is 17.7. The van der Waals surface area contributed by atoms with E-state index in [0.29, 0.717) is 23.7 Å². The van der Waals surface area contributed by atoms with Gasteiger partial charge in [-0.25, -0.2) is 9.67 Å². The van der Waals surface area contributed by atoms with Crippen molar-refractivity contribution in [2.45, 2.75) is 25.5 Å². The van der Waals surface area contributed by atoms with Crippen LogP contribution in [0.25, 0.3) is 22.5 Å². The lowest BCUT2D eigenvalue weighted by Gasteiger charge is -2.34. The van der Waals surface area contributed by atoms with Gasteiger partial charge in [-0.15, -0.1) is 0 Å². The number of carbonyl (C=O) groups excluding carboxylic acids is 1. The van der Waals surface area contributed by atoms with E-state index in [1.54, 1.807) is 31.5 Å². The standard InChI is InChI=1S/C32H36N6O4/c1-36-13-15-37(16-14-36)24-18-23(19-25(39)21-24)22-9-10-27(30(20-22)41-2)35-32(40)28-7-5-6-26(34-28)29-11-12-33-38(29)31-8-3-4-17-42-31/h5-7,9-12,18-21,31,39H,3-4,8,13-17H2,1-2H3,(H,35,40). The first kappa shape index (κ1) is 27.7. The third-order valence-electron chi connectivity index (χ3n) is 7.90. The van der Waals surface area contributed by atoms with Crippen LogP contribution >= 0.6 is 0 Å². The molecule has 2 aliphatic heterocycles. The van der Waals surface area contributed by atoms with Gasteiger partial charge in [-0.1, -0.05) is 12.1 Å². The molecular weight excluding hydrogens is 532 g/mol. The fraction of sp³-hybridized carbons (Fsp3) is 0.344. The van der Waals surface area contributed by atoms with Crippen LogP contribution in [-0.4, -0.2) is 77.6 Å². The van der Waals surface area contributed by atoms with E-state index in [9.17, 15) is 9.90 Å². The molecule has 0 radical (unpaired) electrons. The summed E-state index contributed by atoms with van der Waals surface area (Å²) in [6.07, 6.45) is 4.63. The summed E-state index contributed by atoms with van der Waals surface area (Å²) in [6.45, 7) is 4.47. The predicted molar refractivity (Wildman–Crippen MR) is 162 cm³/mol. The fourth-order valence-electron chi connectivity index (χ4n) is 5.54. The molecule has 2 aromatic carbocycles. The molecule has 2 N–H and O–H groups in total. The second-order valence-corrected chi connectivity index (χ2v) is 10.8. The van der Waals surface area contributed by atoms with Gasteiger partial charge in [0.15, 0.2) is 6.23 Å². The van der Waals surface area contributed by atoms with Crippen LogP contribution in [0.5, 0.6) is 11.5 Å². The molecule has 10 heteroatoms. The van der Waals surface area contributed by atoms with Gasteiger partial charge in [0.1, 0.15) is 17.2 Å². The lowest BCUT2D eigenvalue weighted by Crippen LogP contribution is -2.44. The first-order valence-electron chi connectivity index (χ1n) is 14.4. The smallest absolute Gasteiger partial charge is 0.274 e. The van der Waals surface area contributed by atoms with Gasteiger partial charge in [-0.2, -0.15) is 5.10 Å². The van der Waals surface area contributed by atoms with E-state index in [4.69, 9.17) is 9.47 Å². The zero-order chi connectivity index (χ0) is 29.1. The Morgan fingerprint density at radius 2 is 1.88 bits per heavy atom. The second-order valence-electron chi connectivity index (χ2n) is 10.8. The Balaban J connectivity index is 1.21. The van der Waals surface area contributed by atoms with E-state index in [-0.39, 0.29) is 23.6 Å². The van der Waals surface area contributed by atoms with Crippen molar-refractivity contribution in [3.8, 4) is 34.0 Å². The highest BCUT2D eigenvalue weighted by Gasteiger charge is 2.21. The van der Waals surface area contributed by atoms with Crippen LogP contribution in [0.3, 0.4) is 0 Å². The number of hydrogen-bond donors (Lipinski definition) is 2. The van der Waals surface area contributed by atoms with Gasteiger partial charge in [0.05, 0.1) is 24.2 Å². The van der Waals surface area contributed by atoms with E-state index in [2.05, 4.69) is 38.3 Å². The number of nitrogens with zero attached hydrogens (tertiary/aromatic N) is 5. The number of aromatic hydroxyl groups is 1. The van der Waals surface area contributed by atoms with Crippen LogP contribution in [0.15, 0.2) is 66.9 Å². The highest BCUT2D eigenvalue weighted by molar-refractivity contribution is 6.04. The number of amides is 1. The van der Waals surface area contributed by atoms with Crippen LogP contribution in [0, 0.1) is 0 Å². The number of benzene rings is 2. The zero-order valence-corrected chi connectivity index (χ0v) is 24.0. The first-order valence-corrected chi connectivity index (χ1v) is 14.4. The largest absolute Gasteiger partial charge is 0.508 e. The van der Waals surface area contributed by atoms with Gasteiger partial charge in [0.2, 0.25) is 0 Å². The molecule has 0 spiro atoms. The maximum absolute atomic E-state index is 13.3. The Morgan fingerprint density at radius 1 is 1.02 bits per heavy atom. The number of aromatic nitrogens is 3. The number of phenols is 1. The number of anilines is 2. The number of phenolic OH excluding ortho intramolecular Hbond substituents is 1. The highest BCUT2D eigenvalue weighted by Crippen LogP contribution is 2.35. The third kappa shape index (κ3) is 5.95. The Hall–Kier alpha value is -4.41. The summed E-state index contributed by atoms with van der Waals surface area (Å²) in [5, 5.41) is 17.9. The van der Waals surface area contributed by atoms with Crippen LogP contribution in [-0.2, 0) is 4.74 Å². The molecular formula is C32H36N6O4. The molecule has 218 valence electrons. The average Bonchev–Trinajstić information content (AvgIpc) is 3.52. The minimum atomic E-state index is -0.349. The van der Waals surface area contributed by atoms with Gasteiger partial charge in [0.25, 0.3) is 5.91 Å². The molecule has 2 aromatic heterocycles. The number of methoxy groups -OCH3 is 1. The third-order valence-corrected chi connectivity index (χ3v) is 7.90. The molecule has 2 fully saturated rings. The molecule has 0 bridgehead atoms. The summed E-state index contributed by atoms with van der Waals surface area (Å²) in [7, 11) is 3.69. The number of pyridine rings is 1. The maximum Gasteiger partial charge on any atom is 0.274 e. The quantitative estimate of drug-likeness (QED) is 0.320. The van der Waals surface area contributed by atoms with Gasteiger partial charge in [-0.05, 0) is 79.9 Å². The van der Waals surface area contributed by atoms with E-state index < -0.39 is 0 Å². The summed E-state index contributed by atoms with van der Waals surface area (Å²) in [6, 6.07) is 18.5. The number of likely N-dealkylation sites (N-methyl/N-ethyl adjacent to an activating group) is 1. The zero-order valence-electron chi connectivity index (χ0n) is 24.0. The number of carbonyl (C=O) groups is 1. The molecule has 4 heterocycles. The van der Waals surface area contributed by atoms with Crippen molar-refractivity contribution in [1.82, 2.24) is 19.7 Å². The van der Waals surface area contributed by atoms with Crippen LogP contribution in [0.2, 0.25) is 0 Å². The summed E-state index contributed by atoms with van der Waals surface area (Å²) in [5.74, 6) is 0.367. The van der Waals surface area contributed by atoms with E-state index in [0.717, 1.165) is 67.9 Å². The lowest BCUT2D eigenvalue weighted by atomic mass is 10.0. The van der Waals surface area contributed by atoms with Crippen LogP contribution < -0.4 is 15.0 Å². The minimum absolute atomic E-state index is 0.130. The van der Waals surface area contributed by atoms with Crippen molar-refractivity contribution in [3.63, 3.8) is 0 Å². The van der Waals surface area contributed by atoms with Crippen molar-refractivity contribution in [2.75, 3.05) is 57.2 Å². The molecule has 1 unspecified atom stereocenters. The number of piperazine rings is 1. The molecule has 0 aliphatic carbocycles. The SMILES string of the molecule is COc1cc(-c2cc(O)cc(N3CCN(C)CC3)c2)ccc1NC(=O)c1cccc(-c2ccnn2C2CCCCO2)n1.